The van der Waals surface area contributed by atoms with Crippen molar-refractivity contribution in [1.82, 2.24) is 0 Å². The maximum absolute atomic E-state index is 15.5. The molecule has 6 saturated carbocycles. The third-order valence-corrected chi connectivity index (χ3v) is 20.3. The van der Waals surface area contributed by atoms with Gasteiger partial charge in [-0.25, -0.2) is 8.78 Å². The fraction of sp³-hybridized carbons (Fsp3) is 0.750. The summed E-state index contributed by atoms with van der Waals surface area (Å²) in [5, 5.41) is 0. The Morgan fingerprint density at radius 2 is 0.718 bits per heavy atom. The summed E-state index contributed by atoms with van der Waals surface area (Å²) in [4.78, 5) is 0. The van der Waals surface area contributed by atoms with Crippen LogP contribution in [-0.4, -0.2) is 13.2 Å². The first kappa shape index (κ1) is 54.3. The van der Waals surface area contributed by atoms with Gasteiger partial charge in [0.05, 0.1) is 25.7 Å². The maximum Gasteiger partial charge on any atom is 0.200 e. The second-order valence-electron chi connectivity index (χ2n) is 24.1. The molecule has 396 valence electrons. The predicted octanol–water partition coefficient (Wildman–Crippen LogP) is 19.4. The van der Waals surface area contributed by atoms with Crippen molar-refractivity contribution < 1.29 is 31.8 Å². The number of ether oxygens (including phenoxy) is 3. The molecule has 3 nitrogen and oxygen atoms in total. The van der Waals surface area contributed by atoms with Gasteiger partial charge in [0.15, 0.2) is 23.1 Å². The van der Waals surface area contributed by atoms with E-state index in [0.717, 1.165) is 86.9 Å². The van der Waals surface area contributed by atoms with Gasteiger partial charge in [0.25, 0.3) is 0 Å². The normalized spacial score (nSPS) is 33.0. The van der Waals surface area contributed by atoms with Crippen LogP contribution in [0.4, 0.5) is 17.6 Å². The number of allylic oxidation sites excluding steroid dienone is 2. The molecule has 6 aliphatic carbocycles. The van der Waals surface area contributed by atoms with Crippen molar-refractivity contribution in [3.05, 3.63) is 83.3 Å². The highest BCUT2D eigenvalue weighted by Gasteiger charge is 2.39. The third-order valence-electron chi connectivity index (χ3n) is 20.3. The lowest BCUT2D eigenvalue weighted by molar-refractivity contribution is 0.106. The number of hydrogen-bond acceptors (Lipinski definition) is 3. The molecule has 0 aliphatic heterocycles. The van der Waals surface area contributed by atoms with E-state index in [1.807, 2.05) is 12.5 Å². The van der Waals surface area contributed by atoms with E-state index in [1.165, 1.54) is 128 Å². The number of halogens is 4. The van der Waals surface area contributed by atoms with Gasteiger partial charge in [-0.3, -0.25) is 0 Å². The summed E-state index contributed by atoms with van der Waals surface area (Å²) in [6, 6.07) is 6.74. The smallest absolute Gasteiger partial charge is 0.200 e. The van der Waals surface area contributed by atoms with Crippen molar-refractivity contribution in [3.63, 3.8) is 0 Å². The zero-order valence-corrected chi connectivity index (χ0v) is 44.7. The second-order valence-corrected chi connectivity index (χ2v) is 24.1. The van der Waals surface area contributed by atoms with Crippen molar-refractivity contribution in [1.29, 1.82) is 0 Å². The van der Waals surface area contributed by atoms with Crippen LogP contribution in [0.1, 0.15) is 230 Å². The van der Waals surface area contributed by atoms with Crippen molar-refractivity contribution in [2.75, 3.05) is 13.2 Å². The van der Waals surface area contributed by atoms with Crippen molar-refractivity contribution in [2.24, 2.45) is 71.0 Å². The van der Waals surface area contributed by atoms with Gasteiger partial charge in [-0.2, -0.15) is 8.78 Å². The molecule has 6 aliphatic rings. The van der Waals surface area contributed by atoms with Gasteiger partial charge in [0.1, 0.15) is 0 Å². The van der Waals surface area contributed by atoms with Crippen LogP contribution in [0.25, 0.3) is 0 Å². The minimum absolute atomic E-state index is 0.00185. The fourth-order valence-corrected chi connectivity index (χ4v) is 16.3. The Bertz CT molecular complexity index is 1810. The van der Waals surface area contributed by atoms with Crippen LogP contribution in [-0.2, 0) is 4.74 Å². The molecule has 6 fully saturated rings. The molecule has 2 unspecified atom stereocenters. The van der Waals surface area contributed by atoms with Gasteiger partial charge in [-0.1, -0.05) is 77.3 Å². The van der Waals surface area contributed by atoms with Crippen LogP contribution in [0.15, 0.2) is 48.9 Å². The highest BCUT2D eigenvalue weighted by atomic mass is 19.2. The lowest BCUT2D eigenvalue weighted by Crippen LogP contribution is -2.31. The summed E-state index contributed by atoms with van der Waals surface area (Å²) in [7, 11) is 0. The van der Waals surface area contributed by atoms with E-state index >= 15 is 17.6 Å². The standard InChI is InChI=1S/C64H94F4O3/c1-5-9-43-11-15-45(16-12-43)47-19-23-49(24-20-47)55(51-27-31-53(32-28-51)57-35-37-59(70-7-3)63(67)61(57)65)39-41-69-42-40-56(50-25-21-48(22-26-50)46-17-13-44(10-6-2)14-18-46)52-29-33-54(34-30-52)58-36-38-60(71-8-4)64(68)62(58)66/h35-56H,5-34H2,1-4H3/b41-39+,42-40+. The van der Waals surface area contributed by atoms with E-state index in [0.29, 0.717) is 59.8 Å². The van der Waals surface area contributed by atoms with Gasteiger partial charge >= 0.3 is 0 Å². The Hall–Kier alpha value is -2.96. The van der Waals surface area contributed by atoms with Crippen LogP contribution >= 0.6 is 0 Å². The molecule has 2 aromatic carbocycles. The molecule has 0 N–H and O–H groups in total. The third kappa shape index (κ3) is 13.9. The van der Waals surface area contributed by atoms with Crippen molar-refractivity contribution >= 4 is 0 Å². The molecule has 7 heteroatoms. The highest BCUT2D eigenvalue weighted by molar-refractivity contribution is 5.34. The Labute approximate surface area is 428 Å². The molecular formula is C64H94F4O3. The lowest BCUT2D eigenvalue weighted by Gasteiger charge is -2.42. The highest BCUT2D eigenvalue weighted by Crippen LogP contribution is 2.51. The topological polar surface area (TPSA) is 27.7 Å². The summed E-state index contributed by atoms with van der Waals surface area (Å²) >= 11 is 0. The average molecular weight is 987 g/mol. The molecule has 0 radical (unpaired) electrons. The van der Waals surface area contributed by atoms with E-state index in [9.17, 15) is 0 Å². The number of rotatable bonds is 20. The van der Waals surface area contributed by atoms with Gasteiger partial charge in [0, 0.05) is 0 Å². The average Bonchev–Trinajstić information content (AvgIpc) is 3.40. The molecule has 0 bridgehead atoms. The van der Waals surface area contributed by atoms with Crippen LogP contribution in [0, 0.1) is 94.3 Å². The predicted molar refractivity (Wildman–Crippen MR) is 282 cm³/mol. The van der Waals surface area contributed by atoms with Gasteiger partial charge < -0.3 is 14.2 Å². The minimum Gasteiger partial charge on any atom is -0.491 e. The quantitative estimate of drug-likeness (QED) is 0.0977. The van der Waals surface area contributed by atoms with Crippen LogP contribution in [0.2, 0.25) is 0 Å². The largest absolute Gasteiger partial charge is 0.491 e. The van der Waals surface area contributed by atoms with Gasteiger partial charge in [-0.05, 0) is 261 Å². The molecule has 0 spiro atoms. The zero-order valence-electron chi connectivity index (χ0n) is 44.7. The summed E-state index contributed by atoms with van der Waals surface area (Å²) in [5.41, 5.74) is 1.00. The molecule has 0 aromatic heterocycles. The zero-order chi connectivity index (χ0) is 49.7. The summed E-state index contributed by atoms with van der Waals surface area (Å²) in [6.45, 7) is 8.86. The Kier molecular flexibility index (Phi) is 20.7. The minimum atomic E-state index is -0.855. The lowest BCUT2D eigenvalue weighted by atomic mass is 9.63. The maximum atomic E-state index is 15.5. The molecule has 2 atom stereocenters. The second kappa shape index (κ2) is 27.0. The van der Waals surface area contributed by atoms with Crippen LogP contribution in [0.5, 0.6) is 11.5 Å². The van der Waals surface area contributed by atoms with Gasteiger partial charge in [0.2, 0.25) is 11.6 Å². The van der Waals surface area contributed by atoms with E-state index in [1.54, 1.807) is 38.1 Å². The Balaban J connectivity index is 0.937. The van der Waals surface area contributed by atoms with Crippen molar-refractivity contribution in [2.45, 2.75) is 219 Å². The molecule has 8 rings (SSSR count). The number of hydrogen-bond donors (Lipinski definition) is 0. The van der Waals surface area contributed by atoms with Crippen molar-refractivity contribution in [3.8, 4) is 11.5 Å². The van der Waals surface area contributed by atoms with Crippen LogP contribution < -0.4 is 9.47 Å². The molecule has 0 heterocycles. The molecular weight excluding hydrogens is 893 g/mol. The molecule has 71 heavy (non-hydrogen) atoms. The van der Waals surface area contributed by atoms with E-state index in [4.69, 9.17) is 14.2 Å². The SMILES string of the molecule is CCCC1CCC(C2CCC(C(/C=C/O/C=C/C(C3CCC(c4ccc(OCC)c(F)c4F)CC3)C3CCC(C4CCC(CCC)CC4)CC3)C3CCC(c4ccc(OCC)c(F)c4F)CC3)CC2)CC1. The van der Waals surface area contributed by atoms with Gasteiger partial charge in [-0.15, -0.1) is 0 Å². The summed E-state index contributed by atoms with van der Waals surface area (Å²) in [5.74, 6) is 5.25. The molecule has 0 amide bonds. The van der Waals surface area contributed by atoms with E-state index in [-0.39, 0.29) is 23.3 Å². The molecule has 0 saturated heterocycles. The van der Waals surface area contributed by atoms with Crippen LogP contribution in [0.3, 0.4) is 0 Å². The Morgan fingerprint density at radius 1 is 0.408 bits per heavy atom. The first-order valence-electron chi connectivity index (χ1n) is 29.9. The van der Waals surface area contributed by atoms with E-state index in [2.05, 4.69) is 26.0 Å². The monoisotopic (exact) mass is 987 g/mol. The van der Waals surface area contributed by atoms with E-state index < -0.39 is 23.3 Å². The first-order chi connectivity index (χ1) is 34.7. The Morgan fingerprint density at radius 3 is 1.03 bits per heavy atom. The summed E-state index contributed by atoms with van der Waals surface area (Å²) < 4.78 is 78.2. The fourth-order valence-electron chi connectivity index (χ4n) is 16.3. The number of benzene rings is 2. The molecule has 2 aromatic rings. The summed E-state index contributed by atoms with van der Waals surface area (Å²) in [6.07, 6.45) is 43.4. The first-order valence-corrected chi connectivity index (χ1v) is 29.9.